The lowest BCUT2D eigenvalue weighted by molar-refractivity contribution is -0.156. The van der Waals surface area contributed by atoms with E-state index in [9.17, 15) is 14.4 Å². The highest BCUT2D eigenvalue weighted by Gasteiger charge is 2.43. The van der Waals surface area contributed by atoms with E-state index in [0.717, 1.165) is 17.7 Å². The molecule has 2 rings (SSSR count). The van der Waals surface area contributed by atoms with Crippen LogP contribution in [0.1, 0.15) is 32.3 Å². The van der Waals surface area contributed by atoms with E-state index in [1.54, 1.807) is 14.0 Å². The highest BCUT2D eigenvalue weighted by Crippen LogP contribution is 2.26. The van der Waals surface area contributed by atoms with Crippen molar-refractivity contribution in [2.24, 2.45) is 0 Å². The Kier molecular flexibility index (Phi) is 7.39. The number of ether oxygens (including phenoxy) is 3. The lowest BCUT2D eigenvalue weighted by Crippen LogP contribution is -2.60. The maximum atomic E-state index is 13.2. The number of methoxy groups -OCH3 is 2. The highest BCUT2D eigenvalue weighted by molar-refractivity contribution is 5.91. The molecule has 0 radical (unpaired) electrons. The number of hydrogen-bond donors (Lipinski definition) is 2. The van der Waals surface area contributed by atoms with Crippen molar-refractivity contribution in [2.45, 2.75) is 50.8 Å². The molecule has 1 amide bonds. The Morgan fingerprint density at radius 1 is 1.21 bits per heavy atom. The molecule has 0 bridgehead atoms. The molecular weight excluding hydrogens is 364 g/mol. The molecule has 1 aromatic carbocycles. The van der Waals surface area contributed by atoms with Crippen LogP contribution in [0.2, 0.25) is 0 Å². The number of carbonyl (C=O) groups is 3. The quantitative estimate of drug-likeness (QED) is 0.636. The van der Waals surface area contributed by atoms with Gasteiger partial charge < -0.3 is 24.8 Å². The van der Waals surface area contributed by atoms with E-state index < -0.39 is 29.6 Å². The smallest absolute Gasteiger partial charge is 0.332 e. The van der Waals surface area contributed by atoms with Crippen LogP contribution in [-0.4, -0.2) is 56.3 Å². The first kappa shape index (κ1) is 21.7. The number of carbonyl (C=O) groups excluding carboxylic acids is 3. The fourth-order valence-corrected chi connectivity index (χ4v) is 3.43. The van der Waals surface area contributed by atoms with Gasteiger partial charge in [0.15, 0.2) is 6.04 Å². The molecule has 0 aliphatic carbocycles. The van der Waals surface area contributed by atoms with Gasteiger partial charge in [0, 0.05) is 6.92 Å². The molecular formula is C20H28N2O6. The van der Waals surface area contributed by atoms with Crippen molar-refractivity contribution >= 4 is 17.8 Å². The third-order valence-corrected chi connectivity index (χ3v) is 4.91. The van der Waals surface area contributed by atoms with Gasteiger partial charge in [-0.1, -0.05) is 12.1 Å². The summed E-state index contributed by atoms with van der Waals surface area (Å²) in [5.74, 6) is -0.792. The average Bonchev–Trinajstić information content (AvgIpc) is 3.15. The summed E-state index contributed by atoms with van der Waals surface area (Å²) in [7, 11) is 2.82. The molecule has 1 heterocycles. The first-order valence-corrected chi connectivity index (χ1v) is 9.25. The SMILES string of the molecule is COC(=O)[C@@H](NC(=O)C1(Cc2ccc(OC)cc2)CCCN1)[C@@H](C)OC(C)=O. The summed E-state index contributed by atoms with van der Waals surface area (Å²) >= 11 is 0. The van der Waals surface area contributed by atoms with Crippen molar-refractivity contribution in [3.8, 4) is 5.75 Å². The van der Waals surface area contributed by atoms with Gasteiger partial charge in [0.2, 0.25) is 5.91 Å². The second-order valence-corrected chi connectivity index (χ2v) is 6.93. The summed E-state index contributed by atoms with van der Waals surface area (Å²) in [6.45, 7) is 3.49. The summed E-state index contributed by atoms with van der Waals surface area (Å²) in [4.78, 5) is 36.6. The zero-order chi connectivity index (χ0) is 20.7. The van der Waals surface area contributed by atoms with Crippen LogP contribution in [0.4, 0.5) is 0 Å². The molecule has 1 aliphatic heterocycles. The number of hydrogen-bond acceptors (Lipinski definition) is 7. The predicted octanol–water partition coefficient (Wildman–Crippen LogP) is 0.969. The number of esters is 2. The van der Waals surface area contributed by atoms with Crippen molar-refractivity contribution in [2.75, 3.05) is 20.8 Å². The molecule has 8 nitrogen and oxygen atoms in total. The lowest BCUT2D eigenvalue weighted by atomic mass is 9.87. The van der Waals surface area contributed by atoms with Crippen LogP contribution in [0.5, 0.6) is 5.75 Å². The lowest BCUT2D eigenvalue weighted by Gasteiger charge is -2.31. The van der Waals surface area contributed by atoms with E-state index in [0.29, 0.717) is 19.4 Å². The van der Waals surface area contributed by atoms with Crippen molar-refractivity contribution in [3.63, 3.8) is 0 Å². The average molecular weight is 392 g/mol. The molecule has 3 atom stereocenters. The predicted molar refractivity (Wildman–Crippen MR) is 102 cm³/mol. The Bertz CT molecular complexity index is 697. The van der Waals surface area contributed by atoms with E-state index in [2.05, 4.69) is 10.6 Å². The Hall–Kier alpha value is -2.61. The molecule has 28 heavy (non-hydrogen) atoms. The second-order valence-electron chi connectivity index (χ2n) is 6.93. The van der Waals surface area contributed by atoms with Gasteiger partial charge in [-0.15, -0.1) is 0 Å². The molecule has 0 saturated carbocycles. The maximum Gasteiger partial charge on any atom is 0.332 e. The van der Waals surface area contributed by atoms with E-state index in [1.165, 1.54) is 14.0 Å². The Labute approximate surface area is 164 Å². The highest BCUT2D eigenvalue weighted by atomic mass is 16.6. The van der Waals surface area contributed by atoms with Gasteiger partial charge in [-0.25, -0.2) is 4.79 Å². The van der Waals surface area contributed by atoms with Gasteiger partial charge in [-0.3, -0.25) is 9.59 Å². The van der Waals surface area contributed by atoms with Crippen molar-refractivity contribution in [3.05, 3.63) is 29.8 Å². The molecule has 8 heteroatoms. The van der Waals surface area contributed by atoms with Gasteiger partial charge in [-0.05, 0) is 50.4 Å². The Morgan fingerprint density at radius 3 is 2.39 bits per heavy atom. The molecule has 2 N–H and O–H groups in total. The molecule has 1 aliphatic rings. The standard InChI is InChI=1S/C20H28N2O6/c1-13(28-14(2)23)17(18(24)27-4)22-19(25)20(10-5-11-21-20)12-15-6-8-16(26-3)9-7-15/h6-9,13,17,21H,5,10-12H2,1-4H3,(H,22,25)/t13-,17+,20?/m1/s1. The minimum absolute atomic E-state index is 0.324. The van der Waals surface area contributed by atoms with Crippen molar-refractivity contribution in [1.82, 2.24) is 10.6 Å². The number of amides is 1. The van der Waals surface area contributed by atoms with Crippen LogP contribution < -0.4 is 15.4 Å². The van der Waals surface area contributed by atoms with E-state index >= 15 is 0 Å². The van der Waals surface area contributed by atoms with Gasteiger partial charge in [0.05, 0.1) is 14.2 Å². The van der Waals surface area contributed by atoms with Gasteiger partial charge >= 0.3 is 11.9 Å². The second kappa shape index (κ2) is 9.54. The fraction of sp³-hybridized carbons (Fsp3) is 0.550. The molecule has 1 fully saturated rings. The summed E-state index contributed by atoms with van der Waals surface area (Å²) in [6.07, 6.45) is 1.07. The zero-order valence-corrected chi connectivity index (χ0v) is 16.7. The minimum atomic E-state index is -1.09. The zero-order valence-electron chi connectivity index (χ0n) is 16.7. The van der Waals surface area contributed by atoms with Gasteiger partial charge in [-0.2, -0.15) is 0 Å². The monoisotopic (exact) mass is 392 g/mol. The van der Waals surface area contributed by atoms with Crippen LogP contribution in [0.25, 0.3) is 0 Å². The van der Waals surface area contributed by atoms with E-state index in [1.807, 2.05) is 24.3 Å². The molecule has 0 aromatic heterocycles. The summed E-state index contributed by atoms with van der Waals surface area (Å²) in [6, 6.07) is 6.42. The Balaban J connectivity index is 2.19. The molecule has 1 unspecified atom stereocenters. The van der Waals surface area contributed by atoms with Gasteiger partial charge in [0.25, 0.3) is 0 Å². The number of rotatable bonds is 8. The summed E-state index contributed by atoms with van der Waals surface area (Å²) < 4.78 is 15.0. The van der Waals surface area contributed by atoms with Crippen LogP contribution >= 0.6 is 0 Å². The van der Waals surface area contributed by atoms with Crippen LogP contribution in [-0.2, 0) is 30.3 Å². The number of nitrogens with one attached hydrogen (secondary N) is 2. The summed E-state index contributed by atoms with van der Waals surface area (Å²) in [5.41, 5.74) is 0.115. The summed E-state index contributed by atoms with van der Waals surface area (Å²) in [5, 5.41) is 6.01. The third kappa shape index (κ3) is 5.22. The molecule has 1 aromatic rings. The fourth-order valence-electron chi connectivity index (χ4n) is 3.43. The van der Waals surface area contributed by atoms with Gasteiger partial charge in [0.1, 0.15) is 17.4 Å². The topological polar surface area (TPSA) is 103 Å². The van der Waals surface area contributed by atoms with E-state index in [-0.39, 0.29) is 5.91 Å². The van der Waals surface area contributed by atoms with Crippen molar-refractivity contribution < 1.29 is 28.6 Å². The number of benzene rings is 1. The van der Waals surface area contributed by atoms with Crippen molar-refractivity contribution in [1.29, 1.82) is 0 Å². The molecule has 0 spiro atoms. The maximum absolute atomic E-state index is 13.2. The molecule has 154 valence electrons. The Morgan fingerprint density at radius 2 is 1.89 bits per heavy atom. The normalized spacial score (nSPS) is 20.7. The third-order valence-electron chi connectivity index (χ3n) is 4.91. The van der Waals surface area contributed by atoms with Crippen LogP contribution in [0.3, 0.4) is 0 Å². The van der Waals surface area contributed by atoms with Crippen LogP contribution in [0, 0.1) is 0 Å². The van der Waals surface area contributed by atoms with E-state index in [4.69, 9.17) is 14.2 Å². The van der Waals surface area contributed by atoms with Crippen LogP contribution in [0.15, 0.2) is 24.3 Å². The first-order chi connectivity index (χ1) is 13.3. The minimum Gasteiger partial charge on any atom is -0.497 e. The first-order valence-electron chi connectivity index (χ1n) is 9.25. The molecule has 1 saturated heterocycles. The largest absolute Gasteiger partial charge is 0.497 e.